The summed E-state index contributed by atoms with van der Waals surface area (Å²) in [6.45, 7) is -6.74. The molecule has 1 unspecified atom stereocenters. The summed E-state index contributed by atoms with van der Waals surface area (Å²) in [4.78, 5) is 1.54. The van der Waals surface area contributed by atoms with Crippen molar-refractivity contribution in [2.45, 2.75) is 30.5 Å². The fraction of sp³-hybridized carbons (Fsp3) is 0.909. The predicted octanol–water partition coefficient (Wildman–Crippen LogP) is 2.07. The maximum atomic E-state index is 12.9. The molecule has 0 aliphatic carbocycles. The molecule has 0 bridgehead atoms. The van der Waals surface area contributed by atoms with Crippen molar-refractivity contribution in [3.8, 4) is 0 Å². The van der Waals surface area contributed by atoms with E-state index in [1.165, 1.54) is 0 Å². The van der Waals surface area contributed by atoms with Crippen molar-refractivity contribution >= 4 is 0 Å². The van der Waals surface area contributed by atoms with Crippen LogP contribution in [0.1, 0.15) is 0 Å². The number of hydrogen-bond donors (Lipinski definition) is 3. The van der Waals surface area contributed by atoms with E-state index in [1.54, 1.807) is 4.94 Å². The molecule has 0 aliphatic rings. The van der Waals surface area contributed by atoms with Crippen LogP contribution in [0.5, 0.6) is 0 Å². The van der Waals surface area contributed by atoms with Crippen LogP contribution in [-0.4, -0.2) is 78.9 Å². The summed E-state index contributed by atoms with van der Waals surface area (Å²) in [6.07, 6.45) is -25.1. The number of hydrogen-bond acceptors (Lipinski definition) is 7. The Morgan fingerprint density at radius 1 is 0.833 bits per heavy atom. The quantitative estimate of drug-likeness (QED) is 0.197. The molecule has 1 atom stereocenters. The second kappa shape index (κ2) is 13.3. The SMILES string of the molecule is OC(COCC(O)(F)F)COCC(F)(F)OC(F)(F)C(F)(F)OF.OC[C-](F)F.[Rf]. The van der Waals surface area contributed by atoms with E-state index in [9.17, 15) is 48.4 Å². The van der Waals surface area contributed by atoms with Gasteiger partial charge in [0.05, 0.1) is 13.2 Å². The molecule has 0 saturated heterocycles. The van der Waals surface area contributed by atoms with Crippen molar-refractivity contribution in [3.05, 3.63) is 6.43 Å². The molecule has 0 aromatic heterocycles. The molecule has 0 spiro atoms. The van der Waals surface area contributed by atoms with Crippen LogP contribution in [0.3, 0.4) is 0 Å². The Morgan fingerprint density at radius 2 is 1.23 bits per heavy atom. The largest absolute Gasteiger partial charge is 0.478 e. The average molecular weight is 734 g/mol. The van der Waals surface area contributed by atoms with Gasteiger partial charge in [0.2, 0.25) is 0 Å². The van der Waals surface area contributed by atoms with Gasteiger partial charge in [-0.15, -0.1) is 4.94 Å². The van der Waals surface area contributed by atoms with E-state index in [0.29, 0.717) is 0 Å². The minimum Gasteiger partial charge on any atom is -0.423 e. The first-order valence-electron chi connectivity index (χ1n) is 6.74. The molecule has 0 fully saturated rings. The monoisotopic (exact) mass is 734 g/mol. The van der Waals surface area contributed by atoms with Gasteiger partial charge in [0.25, 0.3) is 0 Å². The van der Waals surface area contributed by atoms with Crippen LogP contribution in [0.4, 0.5) is 48.4 Å². The second-order valence-corrected chi connectivity index (χ2v) is 4.70. The van der Waals surface area contributed by atoms with Gasteiger partial charge in [0.1, 0.15) is 19.3 Å². The summed E-state index contributed by atoms with van der Waals surface area (Å²) in [5.41, 5.74) is 0. The van der Waals surface area contributed by atoms with Crippen molar-refractivity contribution in [3.63, 3.8) is 0 Å². The summed E-state index contributed by atoms with van der Waals surface area (Å²) >= 11 is 0. The van der Waals surface area contributed by atoms with Crippen LogP contribution < -0.4 is 0 Å². The number of halogens is 11. The van der Waals surface area contributed by atoms with Crippen LogP contribution in [0.15, 0.2) is 0 Å². The Kier molecular flexibility index (Phi) is 14.4. The molecule has 0 radical (unpaired) electrons. The van der Waals surface area contributed by atoms with Gasteiger partial charge in [-0.1, -0.05) is 0 Å². The molecule has 19 heteroatoms. The van der Waals surface area contributed by atoms with Gasteiger partial charge in [-0.05, 0) is 11.1 Å². The van der Waals surface area contributed by atoms with E-state index in [1.807, 2.05) is 0 Å². The fourth-order valence-corrected chi connectivity index (χ4v) is 1.00. The van der Waals surface area contributed by atoms with Crippen LogP contribution in [-0.2, 0) is 19.2 Å². The fourth-order valence-electron chi connectivity index (χ4n) is 1.00. The van der Waals surface area contributed by atoms with E-state index in [0.717, 1.165) is 0 Å². The standard InChI is InChI=1S/C9H11F9O6.C2H3F2O.Rf/c10-6(11,20)3-21-1-5(19)2-22-4-7(12,13)23-8(14,15)9(16,17)24-18;3-2(4)1-5;/h5,19-20H,1-4H2;5H,1H2;/q;-1;. The number of alkyl halides is 8. The molecule has 0 aromatic carbocycles. The van der Waals surface area contributed by atoms with Crippen molar-refractivity contribution in [1.82, 2.24) is 0 Å². The van der Waals surface area contributed by atoms with Crippen molar-refractivity contribution in [2.75, 3.05) is 33.0 Å². The topological polar surface area (TPSA) is 97.6 Å². The van der Waals surface area contributed by atoms with E-state index < -0.39 is 70.0 Å². The van der Waals surface area contributed by atoms with E-state index >= 15 is 0 Å². The van der Waals surface area contributed by atoms with Crippen molar-refractivity contribution < 1.29 is 82.9 Å². The van der Waals surface area contributed by atoms with Gasteiger partial charge in [-0.3, -0.25) is 0 Å². The van der Waals surface area contributed by atoms with Crippen LogP contribution in [0, 0.1) is 6.43 Å². The first-order valence-corrected chi connectivity index (χ1v) is 6.74. The smallest absolute Gasteiger partial charge is 0.423 e. The van der Waals surface area contributed by atoms with Gasteiger partial charge in [0, 0.05) is 6.43 Å². The molecule has 0 amide bonds. The summed E-state index contributed by atoms with van der Waals surface area (Å²) in [5.74, 6) is 0. The van der Waals surface area contributed by atoms with Crippen LogP contribution >= 0.6 is 0 Å². The minimum atomic E-state index is -6.05. The van der Waals surface area contributed by atoms with E-state index in [4.69, 9.17) is 15.3 Å². The zero-order valence-electron chi connectivity index (χ0n) is 14.5. The summed E-state index contributed by atoms with van der Waals surface area (Å²) < 4.78 is 141. The van der Waals surface area contributed by atoms with Gasteiger partial charge in [0.15, 0.2) is 0 Å². The normalized spacial score (nSPS) is 14.1. The van der Waals surface area contributed by atoms with Gasteiger partial charge in [-0.2, -0.15) is 35.1 Å². The molecule has 30 heavy (non-hydrogen) atoms. The number of rotatable bonds is 13. The molecular formula is C11H14F11O7Rf-. The zero-order chi connectivity index (χ0) is 23.5. The number of aliphatic hydroxyl groups excluding tert-OH is 2. The molecule has 0 aromatic rings. The molecule has 0 aliphatic heterocycles. The predicted molar refractivity (Wildman–Crippen MR) is 65.5 cm³/mol. The van der Waals surface area contributed by atoms with E-state index in [2.05, 4.69) is 14.2 Å². The van der Waals surface area contributed by atoms with Gasteiger partial charge >= 0.3 is 24.4 Å². The number of ether oxygens (including phenoxy) is 3. The second-order valence-electron chi connectivity index (χ2n) is 4.70. The maximum Gasteiger partial charge on any atom is 0.478 e. The number of aliphatic hydroxyl groups is 3. The third-order valence-corrected chi connectivity index (χ3v) is 2.00. The Morgan fingerprint density at radius 3 is 1.57 bits per heavy atom. The summed E-state index contributed by atoms with van der Waals surface area (Å²) in [7, 11) is 0. The first-order chi connectivity index (χ1) is 12.9. The van der Waals surface area contributed by atoms with Crippen LogP contribution in [0.25, 0.3) is 0 Å². The summed E-state index contributed by atoms with van der Waals surface area (Å²) in [6, 6.07) is 0. The Hall–Kier alpha value is -2.05. The first kappa shape index (κ1) is 32.6. The molecule has 7 nitrogen and oxygen atoms in total. The van der Waals surface area contributed by atoms with E-state index in [-0.39, 0.29) is 0 Å². The molecule has 0 heterocycles. The Labute approximate surface area is 154 Å². The Bertz CT molecular complexity index is 440. The van der Waals surface area contributed by atoms with Crippen molar-refractivity contribution in [1.29, 1.82) is 0 Å². The maximum absolute atomic E-state index is 12.9. The molecule has 180 valence electrons. The third kappa shape index (κ3) is 15.8. The van der Waals surface area contributed by atoms with Crippen LogP contribution in [0.2, 0.25) is 0 Å². The minimum absolute atomic E-state index is 0. The molecule has 0 rings (SSSR count). The molecule has 3 N–H and O–H groups in total. The summed E-state index contributed by atoms with van der Waals surface area (Å²) in [5, 5.41) is 24.4. The molecular weight excluding hydrogens is 720 g/mol. The van der Waals surface area contributed by atoms with Gasteiger partial charge < -0.3 is 33.6 Å². The zero-order valence-corrected chi connectivity index (χ0v) is 20.9. The Balaban J connectivity index is -0.00000108. The van der Waals surface area contributed by atoms with Crippen molar-refractivity contribution in [2.24, 2.45) is 0 Å². The molecule has 0 saturated carbocycles. The average Bonchev–Trinajstić information content (AvgIpc) is 2.52. The third-order valence-electron chi connectivity index (χ3n) is 2.00. The van der Waals surface area contributed by atoms with Gasteiger partial charge in [-0.25, -0.2) is 4.74 Å².